The Morgan fingerprint density at radius 1 is 0.710 bits per heavy atom. The summed E-state index contributed by atoms with van der Waals surface area (Å²) in [6.45, 7) is 10.9. The Morgan fingerprint density at radius 2 is 1.48 bits per heavy atom. The van der Waals surface area contributed by atoms with E-state index in [4.69, 9.17) is 0 Å². The maximum atomic E-state index is 2.89. The molecule has 5 fully saturated rings. The molecule has 0 radical (unpaired) electrons. The molecule has 0 aromatic heterocycles. The molecular formula is C30H54Si. The molecule has 0 bridgehead atoms. The molecule has 0 aromatic rings. The van der Waals surface area contributed by atoms with Gasteiger partial charge >= 0.3 is 0 Å². The van der Waals surface area contributed by atoms with Gasteiger partial charge in [0.05, 0.1) is 8.07 Å². The molecule has 9 unspecified atom stereocenters. The van der Waals surface area contributed by atoms with Crippen LogP contribution in [0.5, 0.6) is 0 Å². The highest BCUT2D eigenvalue weighted by atomic mass is 28.3. The van der Waals surface area contributed by atoms with Crippen molar-refractivity contribution >= 4 is 8.07 Å². The molecular weight excluding hydrogens is 388 g/mol. The quantitative estimate of drug-likeness (QED) is 0.359. The molecule has 5 aliphatic carbocycles. The standard InChI is InChI=1S/C30H54Si/c1-5-6-11-22-16-17-25(19-22)31(3,4)30-21(2)18-27-28(30)20-24-14-10-15-26(24)29(27)23-12-8-7-9-13-23/h21-30H,5-20H2,1-4H3. The third kappa shape index (κ3) is 4.25. The molecule has 0 spiro atoms. The van der Waals surface area contributed by atoms with Gasteiger partial charge in [-0.15, -0.1) is 0 Å². The zero-order chi connectivity index (χ0) is 21.6. The van der Waals surface area contributed by atoms with Crippen LogP contribution in [0.3, 0.4) is 0 Å². The van der Waals surface area contributed by atoms with E-state index in [1.165, 1.54) is 25.7 Å². The Morgan fingerprint density at radius 3 is 2.26 bits per heavy atom. The van der Waals surface area contributed by atoms with Crippen LogP contribution in [-0.4, -0.2) is 8.07 Å². The van der Waals surface area contributed by atoms with Gasteiger partial charge in [-0.05, 0) is 84.1 Å². The summed E-state index contributed by atoms with van der Waals surface area (Å²) in [5, 5.41) is 0. The Hall–Kier alpha value is 0.217. The van der Waals surface area contributed by atoms with Crippen molar-refractivity contribution in [1.82, 2.24) is 0 Å². The zero-order valence-electron chi connectivity index (χ0n) is 21.6. The molecule has 9 atom stereocenters. The minimum atomic E-state index is -1.21. The summed E-state index contributed by atoms with van der Waals surface area (Å²) >= 11 is 0. The van der Waals surface area contributed by atoms with Crippen LogP contribution in [0.15, 0.2) is 0 Å². The predicted octanol–water partition coefficient (Wildman–Crippen LogP) is 9.71. The topological polar surface area (TPSA) is 0 Å². The third-order valence-electron chi connectivity index (χ3n) is 12.2. The minimum Gasteiger partial charge on any atom is -0.0689 e. The van der Waals surface area contributed by atoms with Gasteiger partial charge in [0.2, 0.25) is 0 Å². The highest BCUT2D eigenvalue weighted by molar-refractivity contribution is 6.80. The summed E-state index contributed by atoms with van der Waals surface area (Å²) < 4.78 is 0. The molecule has 178 valence electrons. The van der Waals surface area contributed by atoms with E-state index in [9.17, 15) is 0 Å². The van der Waals surface area contributed by atoms with Crippen molar-refractivity contribution in [2.45, 2.75) is 141 Å². The van der Waals surface area contributed by atoms with Gasteiger partial charge in [0, 0.05) is 0 Å². The Kier molecular flexibility index (Phi) is 7.01. The molecule has 5 aliphatic rings. The van der Waals surface area contributed by atoms with Crippen LogP contribution in [0, 0.1) is 47.3 Å². The second kappa shape index (κ2) is 9.46. The van der Waals surface area contributed by atoms with E-state index in [0.29, 0.717) is 0 Å². The van der Waals surface area contributed by atoms with Crippen LogP contribution >= 0.6 is 0 Å². The first-order valence-corrected chi connectivity index (χ1v) is 18.2. The first kappa shape index (κ1) is 23.0. The maximum Gasteiger partial charge on any atom is 0.0541 e. The number of hydrogen-bond donors (Lipinski definition) is 0. The summed E-state index contributed by atoms with van der Waals surface area (Å²) in [6.07, 6.45) is 25.1. The van der Waals surface area contributed by atoms with E-state index in [-0.39, 0.29) is 0 Å². The number of hydrogen-bond acceptors (Lipinski definition) is 0. The fraction of sp³-hybridized carbons (Fsp3) is 1.00. The molecule has 0 saturated heterocycles. The van der Waals surface area contributed by atoms with Crippen LogP contribution in [0.2, 0.25) is 24.2 Å². The lowest BCUT2D eigenvalue weighted by molar-refractivity contribution is 0.0158. The van der Waals surface area contributed by atoms with Gasteiger partial charge in [-0.25, -0.2) is 0 Å². The first-order chi connectivity index (χ1) is 15.0. The van der Waals surface area contributed by atoms with Gasteiger partial charge in [-0.1, -0.05) is 104 Å². The zero-order valence-corrected chi connectivity index (χ0v) is 22.6. The van der Waals surface area contributed by atoms with Gasteiger partial charge in [0.1, 0.15) is 0 Å². The van der Waals surface area contributed by atoms with Crippen molar-refractivity contribution in [2.75, 3.05) is 0 Å². The summed E-state index contributed by atoms with van der Waals surface area (Å²) in [6, 6.07) is 0. The van der Waals surface area contributed by atoms with Gasteiger partial charge in [-0.2, -0.15) is 0 Å². The van der Waals surface area contributed by atoms with E-state index in [1.807, 2.05) is 0 Å². The normalized spacial score (nSPS) is 46.3. The van der Waals surface area contributed by atoms with Gasteiger partial charge in [-0.3, -0.25) is 0 Å². The largest absolute Gasteiger partial charge is 0.0689 e. The summed E-state index contributed by atoms with van der Waals surface area (Å²) in [7, 11) is -1.21. The van der Waals surface area contributed by atoms with Crippen molar-refractivity contribution in [3.05, 3.63) is 0 Å². The number of rotatable bonds is 6. The smallest absolute Gasteiger partial charge is 0.0541 e. The minimum absolute atomic E-state index is 1.04. The van der Waals surface area contributed by atoms with E-state index in [2.05, 4.69) is 26.9 Å². The molecule has 0 heterocycles. The molecule has 5 saturated carbocycles. The Balaban J connectivity index is 1.36. The molecule has 0 aliphatic heterocycles. The fourth-order valence-corrected chi connectivity index (χ4v) is 16.5. The summed E-state index contributed by atoms with van der Waals surface area (Å²) in [5.74, 6) is 8.93. The number of unbranched alkanes of at least 4 members (excludes halogenated alkanes) is 1. The monoisotopic (exact) mass is 442 g/mol. The Labute approximate surface area is 196 Å². The molecule has 0 N–H and O–H groups in total. The van der Waals surface area contributed by atoms with Crippen molar-refractivity contribution < 1.29 is 0 Å². The van der Waals surface area contributed by atoms with E-state index >= 15 is 0 Å². The van der Waals surface area contributed by atoms with Crippen LogP contribution in [0.4, 0.5) is 0 Å². The predicted molar refractivity (Wildman–Crippen MR) is 138 cm³/mol. The van der Waals surface area contributed by atoms with Crippen molar-refractivity contribution in [1.29, 1.82) is 0 Å². The van der Waals surface area contributed by atoms with Gasteiger partial charge in [0.15, 0.2) is 0 Å². The average Bonchev–Trinajstić information content (AvgIpc) is 3.49. The van der Waals surface area contributed by atoms with E-state index in [0.717, 1.165) is 58.4 Å². The van der Waals surface area contributed by atoms with Crippen molar-refractivity contribution in [2.24, 2.45) is 47.3 Å². The van der Waals surface area contributed by atoms with Crippen LogP contribution < -0.4 is 0 Å². The highest BCUT2D eigenvalue weighted by Gasteiger charge is 2.59. The van der Waals surface area contributed by atoms with Crippen LogP contribution in [0.1, 0.15) is 117 Å². The molecule has 31 heavy (non-hydrogen) atoms. The highest BCUT2D eigenvalue weighted by Crippen LogP contribution is 2.66. The lowest BCUT2D eigenvalue weighted by atomic mass is 9.58. The Bertz CT molecular complexity index is 589. The van der Waals surface area contributed by atoms with Crippen LogP contribution in [0.25, 0.3) is 0 Å². The van der Waals surface area contributed by atoms with Crippen LogP contribution in [-0.2, 0) is 0 Å². The lowest BCUT2D eigenvalue weighted by Gasteiger charge is -2.51. The second-order valence-electron chi connectivity index (χ2n) is 14.0. The summed E-state index contributed by atoms with van der Waals surface area (Å²) in [4.78, 5) is 0. The fourth-order valence-electron chi connectivity index (χ4n) is 11.0. The molecule has 0 aromatic carbocycles. The third-order valence-corrected chi connectivity index (χ3v) is 17.5. The molecule has 5 rings (SSSR count). The van der Waals surface area contributed by atoms with E-state index < -0.39 is 8.07 Å². The molecule has 0 nitrogen and oxygen atoms in total. The number of fused-ring (bicyclic) bond motifs is 2. The SMILES string of the molecule is CCCCC1CCC([Si](C)(C)C2C(C)CC3C2CC2CCCC2C3C2CCCCC2)C1. The summed E-state index contributed by atoms with van der Waals surface area (Å²) in [5.41, 5.74) is 2.30. The average molecular weight is 443 g/mol. The maximum absolute atomic E-state index is 2.89. The van der Waals surface area contributed by atoms with Crippen molar-refractivity contribution in [3.63, 3.8) is 0 Å². The molecule has 1 heteroatoms. The second-order valence-corrected chi connectivity index (χ2v) is 19.1. The lowest BCUT2D eigenvalue weighted by Crippen LogP contribution is -2.46. The van der Waals surface area contributed by atoms with Crippen molar-refractivity contribution in [3.8, 4) is 0 Å². The van der Waals surface area contributed by atoms with Gasteiger partial charge < -0.3 is 0 Å². The first-order valence-electron chi connectivity index (χ1n) is 15.0. The van der Waals surface area contributed by atoms with E-state index in [1.54, 1.807) is 77.0 Å². The van der Waals surface area contributed by atoms with Gasteiger partial charge in [0.25, 0.3) is 0 Å². The molecule has 0 amide bonds.